The summed E-state index contributed by atoms with van der Waals surface area (Å²) >= 11 is 11.0. The van der Waals surface area contributed by atoms with Gasteiger partial charge < -0.3 is 0 Å². The highest BCUT2D eigenvalue weighted by Gasteiger charge is 1.97. The van der Waals surface area contributed by atoms with Gasteiger partial charge in [0.05, 0.1) is 0 Å². The molecule has 0 aliphatic rings. The molecule has 0 heterocycles. The van der Waals surface area contributed by atoms with Gasteiger partial charge in [-0.2, -0.15) is 0 Å². The Balaban J connectivity index is 2.83. The van der Waals surface area contributed by atoms with E-state index >= 15 is 0 Å². The Morgan fingerprint density at radius 1 is 1.57 bits per heavy atom. The lowest BCUT2D eigenvalue weighted by molar-refractivity contribution is 0.784. The van der Waals surface area contributed by atoms with Gasteiger partial charge >= 0.3 is 0 Å². The average Bonchev–Trinajstić information content (AvgIpc) is 1.68. The molecule has 0 aliphatic carbocycles. The minimum Gasteiger partial charge on any atom is -0.125 e. The van der Waals surface area contributed by atoms with Crippen LogP contribution in [0, 0.1) is 0 Å². The van der Waals surface area contributed by atoms with Crippen molar-refractivity contribution in [2.45, 2.75) is 25.1 Å². The van der Waals surface area contributed by atoms with E-state index in [9.17, 15) is 0 Å². The second-order valence-corrected chi connectivity index (χ2v) is 2.47. The van der Waals surface area contributed by atoms with Crippen molar-refractivity contribution in [1.82, 2.24) is 0 Å². The van der Waals surface area contributed by atoms with Gasteiger partial charge in [0.25, 0.3) is 0 Å². The van der Waals surface area contributed by atoms with Crippen LogP contribution in [0.25, 0.3) is 0 Å². The van der Waals surface area contributed by atoms with Gasteiger partial charge in [-0.3, -0.25) is 0 Å². The SMILES string of the molecule is CCCC(Cl)CCl. The molecule has 0 fully saturated rings. The van der Waals surface area contributed by atoms with Crippen LogP contribution < -0.4 is 0 Å². The Hall–Kier alpha value is 0.580. The topological polar surface area (TPSA) is 0 Å². The molecular formula is C5H10Cl2. The predicted molar refractivity (Wildman–Crippen MR) is 35.3 cm³/mol. The highest BCUT2D eigenvalue weighted by Crippen LogP contribution is 2.05. The summed E-state index contributed by atoms with van der Waals surface area (Å²) in [5.74, 6) is 0.579. The Bertz CT molecular complexity index is 37.1. The largest absolute Gasteiger partial charge is 0.125 e. The maximum Gasteiger partial charge on any atom is 0.0471 e. The van der Waals surface area contributed by atoms with Crippen molar-refractivity contribution in [3.05, 3.63) is 0 Å². The molecule has 0 bridgehead atoms. The number of alkyl halides is 2. The first-order chi connectivity index (χ1) is 3.31. The summed E-state index contributed by atoms with van der Waals surface area (Å²) in [5, 5.41) is 0.187. The Morgan fingerprint density at radius 3 is 2.29 bits per heavy atom. The van der Waals surface area contributed by atoms with Crippen LogP contribution in [0.1, 0.15) is 19.8 Å². The quantitative estimate of drug-likeness (QED) is 0.530. The molecular weight excluding hydrogens is 131 g/mol. The van der Waals surface area contributed by atoms with E-state index in [-0.39, 0.29) is 5.38 Å². The van der Waals surface area contributed by atoms with E-state index in [1.165, 1.54) is 0 Å². The van der Waals surface area contributed by atoms with Crippen molar-refractivity contribution in [2.75, 3.05) is 5.88 Å². The first-order valence-electron chi connectivity index (χ1n) is 2.51. The third-order valence-corrected chi connectivity index (χ3v) is 1.67. The Labute approximate surface area is 54.8 Å². The molecule has 0 rings (SSSR count). The summed E-state index contributed by atoms with van der Waals surface area (Å²) in [6.45, 7) is 2.10. The summed E-state index contributed by atoms with van der Waals surface area (Å²) in [7, 11) is 0. The van der Waals surface area contributed by atoms with Crippen LogP contribution in [0.2, 0.25) is 0 Å². The van der Waals surface area contributed by atoms with E-state index in [0.717, 1.165) is 12.8 Å². The van der Waals surface area contributed by atoms with E-state index in [1.807, 2.05) is 0 Å². The van der Waals surface area contributed by atoms with Crippen LogP contribution in [-0.4, -0.2) is 11.3 Å². The van der Waals surface area contributed by atoms with Gasteiger partial charge in [-0.25, -0.2) is 0 Å². The molecule has 1 unspecified atom stereocenters. The zero-order valence-electron chi connectivity index (χ0n) is 4.45. The number of rotatable bonds is 3. The summed E-state index contributed by atoms with van der Waals surface area (Å²) in [6.07, 6.45) is 2.16. The highest BCUT2D eigenvalue weighted by molar-refractivity contribution is 6.28. The molecule has 0 spiro atoms. The minimum absolute atomic E-state index is 0.187. The molecule has 0 aromatic heterocycles. The van der Waals surface area contributed by atoms with Crippen LogP contribution in [0.15, 0.2) is 0 Å². The van der Waals surface area contributed by atoms with E-state index in [2.05, 4.69) is 6.92 Å². The molecule has 0 N–H and O–H groups in total. The molecule has 0 aliphatic heterocycles. The maximum absolute atomic E-state index is 5.63. The first-order valence-corrected chi connectivity index (χ1v) is 3.48. The molecule has 0 saturated carbocycles. The third-order valence-electron chi connectivity index (χ3n) is 0.769. The normalized spacial score (nSPS) is 14.1. The fourth-order valence-corrected chi connectivity index (χ4v) is 0.763. The van der Waals surface area contributed by atoms with Crippen molar-refractivity contribution in [2.24, 2.45) is 0 Å². The predicted octanol–water partition coefficient (Wildman–Crippen LogP) is 2.63. The van der Waals surface area contributed by atoms with Gasteiger partial charge in [0.1, 0.15) is 0 Å². The zero-order chi connectivity index (χ0) is 5.70. The second kappa shape index (κ2) is 4.73. The van der Waals surface area contributed by atoms with Crippen molar-refractivity contribution in [3.8, 4) is 0 Å². The van der Waals surface area contributed by atoms with Crippen molar-refractivity contribution in [1.29, 1.82) is 0 Å². The minimum atomic E-state index is 0.187. The van der Waals surface area contributed by atoms with E-state index in [4.69, 9.17) is 23.2 Å². The molecule has 0 aromatic carbocycles. The zero-order valence-corrected chi connectivity index (χ0v) is 5.97. The summed E-state index contributed by atoms with van der Waals surface area (Å²) < 4.78 is 0. The maximum atomic E-state index is 5.63. The Kier molecular flexibility index (Phi) is 5.12. The van der Waals surface area contributed by atoms with E-state index in [1.54, 1.807) is 0 Å². The van der Waals surface area contributed by atoms with Crippen molar-refractivity contribution >= 4 is 23.2 Å². The highest BCUT2D eigenvalue weighted by atomic mass is 35.5. The number of halogens is 2. The average molecular weight is 141 g/mol. The van der Waals surface area contributed by atoms with Crippen molar-refractivity contribution in [3.63, 3.8) is 0 Å². The molecule has 0 aromatic rings. The van der Waals surface area contributed by atoms with Crippen LogP contribution in [0.4, 0.5) is 0 Å². The third kappa shape index (κ3) is 4.43. The molecule has 1 atom stereocenters. The summed E-state index contributed by atoms with van der Waals surface area (Å²) in [4.78, 5) is 0. The molecule has 2 heteroatoms. The van der Waals surface area contributed by atoms with Crippen LogP contribution in [-0.2, 0) is 0 Å². The molecule has 0 amide bonds. The molecule has 0 saturated heterocycles. The van der Waals surface area contributed by atoms with Gasteiger partial charge in [-0.05, 0) is 6.42 Å². The Morgan fingerprint density at radius 2 is 2.14 bits per heavy atom. The van der Waals surface area contributed by atoms with Crippen LogP contribution in [0.5, 0.6) is 0 Å². The summed E-state index contributed by atoms with van der Waals surface area (Å²) in [6, 6.07) is 0. The van der Waals surface area contributed by atoms with Gasteiger partial charge in [-0.15, -0.1) is 23.2 Å². The lowest BCUT2D eigenvalue weighted by Crippen LogP contribution is -1.97. The number of hydrogen-bond donors (Lipinski definition) is 0. The van der Waals surface area contributed by atoms with Crippen LogP contribution in [0.3, 0.4) is 0 Å². The lowest BCUT2D eigenvalue weighted by Gasteiger charge is -1.98. The standard InChI is InChI=1S/C5H10Cl2/c1-2-3-5(7)4-6/h5H,2-4H2,1H3. The van der Waals surface area contributed by atoms with Crippen molar-refractivity contribution < 1.29 is 0 Å². The van der Waals surface area contributed by atoms with Crippen LogP contribution >= 0.6 is 23.2 Å². The smallest absolute Gasteiger partial charge is 0.0471 e. The van der Waals surface area contributed by atoms with E-state index < -0.39 is 0 Å². The second-order valence-electron chi connectivity index (χ2n) is 1.54. The molecule has 44 valence electrons. The fraction of sp³-hybridized carbons (Fsp3) is 1.00. The number of hydrogen-bond acceptors (Lipinski definition) is 0. The first kappa shape index (κ1) is 7.58. The van der Waals surface area contributed by atoms with Gasteiger partial charge in [0.2, 0.25) is 0 Å². The fourth-order valence-electron chi connectivity index (χ4n) is 0.390. The molecule has 0 radical (unpaired) electrons. The molecule has 7 heavy (non-hydrogen) atoms. The van der Waals surface area contributed by atoms with Gasteiger partial charge in [0.15, 0.2) is 0 Å². The summed E-state index contributed by atoms with van der Waals surface area (Å²) in [5.41, 5.74) is 0. The van der Waals surface area contributed by atoms with Gasteiger partial charge in [0, 0.05) is 11.3 Å². The lowest BCUT2D eigenvalue weighted by atomic mass is 10.3. The molecule has 0 nitrogen and oxygen atoms in total. The van der Waals surface area contributed by atoms with Gasteiger partial charge in [-0.1, -0.05) is 13.3 Å². The van der Waals surface area contributed by atoms with E-state index in [0.29, 0.717) is 5.88 Å². The monoisotopic (exact) mass is 140 g/mol.